The number of aromatic amines is 1. The van der Waals surface area contributed by atoms with Crippen molar-refractivity contribution in [3.8, 4) is 11.1 Å². The Balaban J connectivity index is 1.88. The van der Waals surface area contributed by atoms with Crippen LogP contribution in [0, 0.1) is 0 Å². The standard InChI is InChI=1S/C20H24N2OS/c1-14(22-24(23)20(2,3)4)16-10-11-17-18(13-21-19(17)12-16)15-8-6-5-7-9-15/h5-14,21-22H,1-4H3/t14?,24-/m1/s1. The molecular weight excluding hydrogens is 316 g/mol. The largest absolute Gasteiger partial charge is 0.598 e. The Morgan fingerprint density at radius 3 is 2.46 bits per heavy atom. The zero-order valence-corrected chi connectivity index (χ0v) is 15.4. The van der Waals surface area contributed by atoms with Crippen LogP contribution in [0.4, 0.5) is 0 Å². The van der Waals surface area contributed by atoms with Crippen LogP contribution in [0.1, 0.15) is 39.3 Å². The molecule has 0 radical (unpaired) electrons. The summed E-state index contributed by atoms with van der Waals surface area (Å²) in [5.41, 5.74) is 4.63. The fraction of sp³-hybridized carbons (Fsp3) is 0.300. The molecule has 0 bridgehead atoms. The minimum atomic E-state index is -1.09. The molecule has 2 aromatic carbocycles. The average molecular weight is 340 g/mol. The highest BCUT2D eigenvalue weighted by Crippen LogP contribution is 2.30. The van der Waals surface area contributed by atoms with Gasteiger partial charge in [-0.25, -0.2) is 0 Å². The summed E-state index contributed by atoms with van der Waals surface area (Å²) >= 11 is -1.09. The second kappa shape index (κ2) is 6.63. The molecule has 1 heterocycles. The molecule has 3 rings (SSSR count). The van der Waals surface area contributed by atoms with Crippen LogP contribution in [0.15, 0.2) is 54.7 Å². The Morgan fingerprint density at radius 1 is 1.08 bits per heavy atom. The second-order valence-electron chi connectivity index (χ2n) is 7.09. The molecule has 3 aromatic rings. The topological polar surface area (TPSA) is 50.9 Å². The molecule has 3 nitrogen and oxygen atoms in total. The molecule has 0 amide bonds. The Kier molecular flexibility index (Phi) is 4.72. The summed E-state index contributed by atoms with van der Waals surface area (Å²) < 4.78 is 15.2. The molecule has 0 fully saturated rings. The fourth-order valence-corrected chi connectivity index (χ4v) is 3.49. The molecule has 1 unspecified atom stereocenters. The second-order valence-corrected chi connectivity index (χ2v) is 9.09. The summed E-state index contributed by atoms with van der Waals surface area (Å²) in [7, 11) is 0. The summed E-state index contributed by atoms with van der Waals surface area (Å²) in [6.45, 7) is 7.97. The van der Waals surface area contributed by atoms with Gasteiger partial charge in [0, 0.05) is 34.0 Å². The van der Waals surface area contributed by atoms with Gasteiger partial charge < -0.3 is 9.54 Å². The van der Waals surface area contributed by atoms with E-state index in [2.05, 4.69) is 58.4 Å². The van der Waals surface area contributed by atoms with Crippen LogP contribution in [0.3, 0.4) is 0 Å². The summed E-state index contributed by atoms with van der Waals surface area (Å²) in [6, 6.07) is 16.8. The van der Waals surface area contributed by atoms with E-state index >= 15 is 0 Å². The van der Waals surface area contributed by atoms with Crippen LogP contribution in [-0.2, 0) is 11.4 Å². The van der Waals surface area contributed by atoms with Crippen molar-refractivity contribution in [1.82, 2.24) is 9.71 Å². The third kappa shape index (κ3) is 3.51. The van der Waals surface area contributed by atoms with Gasteiger partial charge in [0.05, 0.1) is 6.04 Å². The van der Waals surface area contributed by atoms with E-state index in [1.165, 1.54) is 16.5 Å². The van der Waals surface area contributed by atoms with Crippen LogP contribution in [0.25, 0.3) is 22.0 Å². The molecule has 0 aliphatic heterocycles. The minimum absolute atomic E-state index is 0.0259. The van der Waals surface area contributed by atoms with Crippen molar-refractivity contribution >= 4 is 22.3 Å². The molecule has 0 aliphatic rings. The van der Waals surface area contributed by atoms with E-state index in [4.69, 9.17) is 0 Å². The zero-order valence-electron chi connectivity index (χ0n) is 14.6. The van der Waals surface area contributed by atoms with Gasteiger partial charge >= 0.3 is 0 Å². The molecule has 126 valence electrons. The van der Waals surface area contributed by atoms with E-state index in [9.17, 15) is 4.55 Å². The maximum Gasteiger partial charge on any atom is 0.136 e. The van der Waals surface area contributed by atoms with Crippen LogP contribution in [0.5, 0.6) is 0 Å². The lowest BCUT2D eigenvalue weighted by Gasteiger charge is -2.26. The van der Waals surface area contributed by atoms with Crippen LogP contribution >= 0.6 is 0 Å². The Labute approximate surface area is 146 Å². The molecule has 1 aromatic heterocycles. The summed E-state index contributed by atoms with van der Waals surface area (Å²) in [5.74, 6) is 0. The maximum atomic E-state index is 12.3. The van der Waals surface area contributed by atoms with E-state index in [0.717, 1.165) is 11.1 Å². The molecule has 2 atom stereocenters. The number of rotatable bonds is 4. The van der Waals surface area contributed by atoms with Gasteiger partial charge in [-0.1, -0.05) is 42.5 Å². The van der Waals surface area contributed by atoms with Crippen molar-refractivity contribution < 1.29 is 4.55 Å². The number of hydrogen-bond acceptors (Lipinski definition) is 2. The SMILES string of the molecule is CC(N[S@+]([O-])C(C)(C)C)c1ccc2c(-c3ccccc3)c[nH]c2c1. The predicted molar refractivity (Wildman–Crippen MR) is 103 cm³/mol. The molecule has 0 saturated heterocycles. The zero-order chi connectivity index (χ0) is 17.3. The van der Waals surface area contributed by atoms with Crippen molar-refractivity contribution in [3.05, 3.63) is 60.3 Å². The van der Waals surface area contributed by atoms with Gasteiger partial charge in [-0.05, 0) is 44.9 Å². The smallest absolute Gasteiger partial charge is 0.136 e. The third-order valence-corrected chi connectivity index (χ3v) is 5.81. The molecule has 0 saturated carbocycles. The van der Waals surface area contributed by atoms with E-state index in [-0.39, 0.29) is 10.8 Å². The number of benzene rings is 2. The monoisotopic (exact) mass is 340 g/mol. The first-order valence-corrected chi connectivity index (χ1v) is 9.36. The average Bonchev–Trinajstić information content (AvgIpc) is 2.97. The van der Waals surface area contributed by atoms with Crippen LogP contribution in [-0.4, -0.2) is 14.3 Å². The Morgan fingerprint density at radius 2 is 1.79 bits per heavy atom. The summed E-state index contributed by atoms with van der Waals surface area (Å²) in [6.07, 6.45) is 2.05. The first-order chi connectivity index (χ1) is 11.4. The third-order valence-electron chi connectivity index (χ3n) is 4.13. The normalized spacial score (nSPS) is 14.7. The van der Waals surface area contributed by atoms with Crippen LogP contribution in [0.2, 0.25) is 0 Å². The Hall–Kier alpha value is -1.75. The van der Waals surface area contributed by atoms with Crippen LogP contribution < -0.4 is 4.72 Å². The molecule has 4 heteroatoms. The Bertz CT molecular complexity index is 821. The lowest BCUT2D eigenvalue weighted by atomic mass is 10.0. The summed E-state index contributed by atoms with van der Waals surface area (Å²) in [4.78, 5) is 3.36. The molecule has 0 aliphatic carbocycles. The van der Waals surface area contributed by atoms with E-state index in [1.807, 2.05) is 33.8 Å². The van der Waals surface area contributed by atoms with Crippen molar-refractivity contribution in [1.29, 1.82) is 0 Å². The van der Waals surface area contributed by atoms with E-state index in [0.29, 0.717) is 0 Å². The number of hydrogen-bond donors (Lipinski definition) is 2. The van der Waals surface area contributed by atoms with Crippen molar-refractivity contribution in [3.63, 3.8) is 0 Å². The van der Waals surface area contributed by atoms with Gasteiger partial charge in [0.15, 0.2) is 0 Å². The number of fused-ring (bicyclic) bond motifs is 1. The van der Waals surface area contributed by atoms with Gasteiger partial charge in [-0.3, -0.25) is 0 Å². The first kappa shape index (κ1) is 17.1. The minimum Gasteiger partial charge on any atom is -0.598 e. The van der Waals surface area contributed by atoms with Crippen molar-refractivity contribution in [2.45, 2.75) is 38.5 Å². The number of aromatic nitrogens is 1. The highest BCUT2D eigenvalue weighted by molar-refractivity contribution is 7.90. The lowest BCUT2D eigenvalue weighted by Crippen LogP contribution is -2.40. The molecule has 0 spiro atoms. The summed E-state index contributed by atoms with van der Waals surface area (Å²) in [5, 5.41) is 1.20. The van der Waals surface area contributed by atoms with Gasteiger partial charge in [-0.2, -0.15) is 0 Å². The molecule has 24 heavy (non-hydrogen) atoms. The van der Waals surface area contributed by atoms with Gasteiger partial charge in [-0.15, -0.1) is 4.72 Å². The molecular formula is C20H24N2OS. The quantitative estimate of drug-likeness (QED) is 0.660. The van der Waals surface area contributed by atoms with E-state index < -0.39 is 11.4 Å². The number of H-pyrrole nitrogens is 1. The van der Waals surface area contributed by atoms with Crippen molar-refractivity contribution in [2.75, 3.05) is 0 Å². The van der Waals surface area contributed by atoms with E-state index in [1.54, 1.807) is 0 Å². The van der Waals surface area contributed by atoms with Gasteiger partial charge in [0.1, 0.15) is 4.75 Å². The highest BCUT2D eigenvalue weighted by atomic mass is 32.2. The molecule has 2 N–H and O–H groups in total. The maximum absolute atomic E-state index is 12.3. The lowest BCUT2D eigenvalue weighted by molar-refractivity contribution is 0.531. The highest BCUT2D eigenvalue weighted by Gasteiger charge is 2.28. The van der Waals surface area contributed by atoms with Crippen molar-refractivity contribution in [2.24, 2.45) is 0 Å². The van der Waals surface area contributed by atoms with Gasteiger partial charge in [0.25, 0.3) is 0 Å². The first-order valence-electron chi connectivity index (χ1n) is 8.21. The predicted octanol–water partition coefficient (Wildman–Crippen LogP) is 4.95. The number of nitrogens with one attached hydrogen (secondary N) is 2. The van der Waals surface area contributed by atoms with Gasteiger partial charge in [0.2, 0.25) is 0 Å². The fourth-order valence-electron chi connectivity index (χ4n) is 2.68.